The van der Waals surface area contributed by atoms with Gasteiger partial charge in [0, 0.05) is 38.4 Å². The van der Waals surface area contributed by atoms with Gasteiger partial charge < -0.3 is 9.80 Å². The van der Waals surface area contributed by atoms with E-state index in [1.54, 1.807) is 22.9 Å². The molecule has 1 aromatic carbocycles. The molecule has 1 fully saturated rings. The van der Waals surface area contributed by atoms with Crippen LogP contribution in [0.3, 0.4) is 0 Å². The molecule has 1 heterocycles. The molecule has 0 saturated carbocycles. The summed E-state index contributed by atoms with van der Waals surface area (Å²) in [5.74, 6) is -0.0326. The number of benzene rings is 1. The largest absolute Gasteiger partial charge is 0.366 e. The summed E-state index contributed by atoms with van der Waals surface area (Å²) in [7, 11) is -1.94. The minimum atomic E-state index is -3.71. The smallest absolute Gasteiger partial charge is 0.311 e. The Bertz CT molecular complexity index is 799. The number of nitrogens with zero attached hydrogens (tertiary/aromatic N) is 3. The molecule has 1 saturated heterocycles. The Morgan fingerprint density at radius 3 is 2.35 bits per heavy atom. The maximum Gasteiger partial charge on any atom is 0.311 e. The molecule has 1 aromatic rings. The van der Waals surface area contributed by atoms with Crippen molar-refractivity contribution in [3.05, 3.63) is 28.3 Å². The van der Waals surface area contributed by atoms with Crippen molar-refractivity contribution >= 4 is 27.1 Å². The molecule has 0 bridgehead atoms. The Labute approximate surface area is 153 Å². The average molecular weight is 383 g/mol. The van der Waals surface area contributed by atoms with Crippen LogP contribution in [0.15, 0.2) is 23.1 Å². The third-order valence-corrected chi connectivity index (χ3v) is 6.00. The quantitative estimate of drug-likeness (QED) is 0.570. The SMILES string of the molecule is CC(C)N(C)C(=O)C1CCN(c2cccc(S(C)(=O)=O)c2[N+](=O)[O-])CC1. The molecule has 9 heteroatoms. The molecule has 0 unspecified atom stereocenters. The van der Waals surface area contributed by atoms with Crippen molar-refractivity contribution in [1.29, 1.82) is 0 Å². The fourth-order valence-electron chi connectivity index (χ4n) is 3.16. The van der Waals surface area contributed by atoms with E-state index in [0.717, 1.165) is 6.26 Å². The van der Waals surface area contributed by atoms with Crippen LogP contribution in [-0.4, -0.2) is 56.6 Å². The van der Waals surface area contributed by atoms with E-state index < -0.39 is 14.8 Å². The molecular weight excluding hydrogens is 358 g/mol. The van der Waals surface area contributed by atoms with Crippen LogP contribution in [0, 0.1) is 16.0 Å². The van der Waals surface area contributed by atoms with Crippen molar-refractivity contribution in [2.75, 3.05) is 31.3 Å². The minimum Gasteiger partial charge on any atom is -0.366 e. The number of nitro benzene ring substituents is 1. The monoisotopic (exact) mass is 383 g/mol. The number of amides is 1. The van der Waals surface area contributed by atoms with E-state index in [2.05, 4.69) is 0 Å². The highest BCUT2D eigenvalue weighted by Crippen LogP contribution is 2.36. The molecule has 26 heavy (non-hydrogen) atoms. The molecule has 0 radical (unpaired) electrons. The van der Waals surface area contributed by atoms with E-state index in [1.165, 1.54) is 12.1 Å². The summed E-state index contributed by atoms with van der Waals surface area (Å²) in [6.45, 7) is 4.84. The van der Waals surface area contributed by atoms with Crippen LogP contribution in [0.1, 0.15) is 26.7 Å². The zero-order chi connectivity index (χ0) is 19.6. The maximum atomic E-state index is 12.5. The lowest BCUT2D eigenvalue weighted by Gasteiger charge is -2.35. The summed E-state index contributed by atoms with van der Waals surface area (Å²) >= 11 is 0. The summed E-state index contributed by atoms with van der Waals surface area (Å²) in [4.78, 5) is 26.6. The van der Waals surface area contributed by atoms with E-state index in [-0.39, 0.29) is 28.4 Å². The first-order valence-corrected chi connectivity index (χ1v) is 10.4. The fourth-order valence-corrected chi connectivity index (χ4v) is 4.01. The number of hydrogen-bond acceptors (Lipinski definition) is 6. The van der Waals surface area contributed by atoms with Crippen molar-refractivity contribution in [2.24, 2.45) is 5.92 Å². The molecule has 144 valence electrons. The molecular formula is C17H25N3O5S. The van der Waals surface area contributed by atoms with E-state index in [0.29, 0.717) is 31.6 Å². The topological polar surface area (TPSA) is 101 Å². The zero-order valence-electron chi connectivity index (χ0n) is 15.5. The lowest BCUT2D eigenvalue weighted by molar-refractivity contribution is -0.387. The van der Waals surface area contributed by atoms with Gasteiger partial charge >= 0.3 is 5.69 Å². The molecule has 0 aromatic heterocycles. The molecule has 1 aliphatic heterocycles. The third kappa shape index (κ3) is 4.14. The highest BCUT2D eigenvalue weighted by molar-refractivity contribution is 7.90. The number of sulfone groups is 1. The van der Waals surface area contributed by atoms with Crippen molar-refractivity contribution in [3.8, 4) is 0 Å². The lowest BCUT2D eigenvalue weighted by Crippen LogP contribution is -2.43. The van der Waals surface area contributed by atoms with Gasteiger partial charge in [-0.3, -0.25) is 14.9 Å². The molecule has 2 rings (SSSR count). The second kappa shape index (κ2) is 7.61. The second-order valence-corrected chi connectivity index (χ2v) is 8.94. The summed E-state index contributed by atoms with van der Waals surface area (Å²) in [5.41, 5.74) is -0.0971. The summed E-state index contributed by atoms with van der Waals surface area (Å²) < 4.78 is 23.8. The number of piperidine rings is 1. The summed E-state index contributed by atoms with van der Waals surface area (Å²) in [6.07, 6.45) is 2.12. The van der Waals surface area contributed by atoms with Gasteiger partial charge in [-0.05, 0) is 38.8 Å². The first kappa shape index (κ1) is 20.2. The zero-order valence-corrected chi connectivity index (χ0v) is 16.3. The van der Waals surface area contributed by atoms with Gasteiger partial charge in [-0.15, -0.1) is 0 Å². The minimum absolute atomic E-state index is 0.0824. The van der Waals surface area contributed by atoms with Gasteiger partial charge in [-0.2, -0.15) is 0 Å². The molecule has 0 N–H and O–H groups in total. The molecule has 0 spiro atoms. The predicted molar refractivity (Wildman–Crippen MR) is 99.0 cm³/mol. The van der Waals surface area contributed by atoms with E-state index in [9.17, 15) is 23.3 Å². The Morgan fingerprint density at radius 1 is 1.31 bits per heavy atom. The highest BCUT2D eigenvalue weighted by atomic mass is 32.2. The van der Waals surface area contributed by atoms with Crippen LogP contribution in [-0.2, 0) is 14.6 Å². The Kier molecular flexibility index (Phi) is 5.90. The number of anilines is 1. The van der Waals surface area contributed by atoms with Gasteiger partial charge in [0.15, 0.2) is 9.84 Å². The van der Waals surface area contributed by atoms with Crippen LogP contribution in [0.25, 0.3) is 0 Å². The first-order valence-electron chi connectivity index (χ1n) is 8.53. The van der Waals surface area contributed by atoms with Crippen LogP contribution < -0.4 is 4.90 Å². The van der Waals surface area contributed by atoms with Gasteiger partial charge in [-0.1, -0.05) is 6.07 Å². The standard InChI is InChI=1S/C17H25N3O5S/c1-12(2)18(3)17(21)13-8-10-19(11-9-13)14-6-5-7-15(26(4,24)25)16(14)20(22)23/h5-7,12-13H,8-11H2,1-4H3. The van der Waals surface area contributed by atoms with Crippen molar-refractivity contribution in [3.63, 3.8) is 0 Å². The normalized spacial score (nSPS) is 16.0. The number of para-hydroxylation sites is 1. The Morgan fingerprint density at radius 2 is 1.88 bits per heavy atom. The molecule has 0 atom stereocenters. The van der Waals surface area contributed by atoms with Crippen LogP contribution in [0.4, 0.5) is 11.4 Å². The Hall–Kier alpha value is -2.16. The highest BCUT2D eigenvalue weighted by Gasteiger charge is 2.33. The van der Waals surface area contributed by atoms with Crippen molar-refractivity contribution in [2.45, 2.75) is 37.6 Å². The number of nitro groups is 1. The molecule has 1 aliphatic rings. The van der Waals surface area contributed by atoms with E-state index in [4.69, 9.17) is 0 Å². The molecule has 8 nitrogen and oxygen atoms in total. The molecule has 1 amide bonds. The van der Waals surface area contributed by atoms with E-state index in [1.807, 2.05) is 13.8 Å². The second-order valence-electron chi connectivity index (χ2n) is 6.96. The van der Waals surface area contributed by atoms with Gasteiger partial charge in [0.05, 0.1) is 4.92 Å². The number of hydrogen-bond donors (Lipinski definition) is 0. The average Bonchev–Trinajstić information content (AvgIpc) is 2.59. The predicted octanol–water partition coefficient (Wildman–Crippen LogP) is 2.08. The van der Waals surface area contributed by atoms with Crippen LogP contribution in [0.5, 0.6) is 0 Å². The Balaban J connectivity index is 2.25. The van der Waals surface area contributed by atoms with Crippen molar-refractivity contribution in [1.82, 2.24) is 4.90 Å². The third-order valence-electron chi connectivity index (χ3n) is 4.87. The van der Waals surface area contributed by atoms with E-state index >= 15 is 0 Å². The van der Waals surface area contributed by atoms with Gasteiger partial charge in [-0.25, -0.2) is 8.42 Å². The lowest BCUT2D eigenvalue weighted by atomic mass is 9.94. The fraction of sp³-hybridized carbons (Fsp3) is 0.588. The summed E-state index contributed by atoms with van der Waals surface area (Å²) in [6, 6.07) is 4.45. The van der Waals surface area contributed by atoms with Gasteiger partial charge in [0.2, 0.25) is 5.91 Å². The number of carbonyl (C=O) groups is 1. The first-order chi connectivity index (χ1) is 12.0. The van der Waals surface area contributed by atoms with Gasteiger partial charge in [0.25, 0.3) is 0 Å². The summed E-state index contributed by atoms with van der Waals surface area (Å²) in [5, 5.41) is 11.5. The number of rotatable bonds is 5. The maximum absolute atomic E-state index is 12.5. The van der Waals surface area contributed by atoms with Crippen LogP contribution in [0.2, 0.25) is 0 Å². The van der Waals surface area contributed by atoms with Crippen molar-refractivity contribution < 1.29 is 18.1 Å². The van der Waals surface area contributed by atoms with Gasteiger partial charge in [0.1, 0.15) is 10.6 Å². The molecule has 0 aliphatic carbocycles. The number of carbonyl (C=O) groups excluding carboxylic acids is 1. The van der Waals surface area contributed by atoms with Crippen LogP contribution >= 0.6 is 0 Å².